The molecule has 0 fully saturated rings. The SMILES string of the molecule is COc1ccc([N+](=O)[O-])cc1N(C(C)C(=O)O)S(=O)(=O)c1cccc([N+](=O)[O-])c1. The Bertz CT molecular complexity index is 1080. The molecule has 0 heterocycles. The summed E-state index contributed by atoms with van der Waals surface area (Å²) in [5.41, 5.74) is -1.43. The molecule has 0 saturated heterocycles. The third-order valence-electron chi connectivity index (χ3n) is 3.91. The molecule has 0 amide bonds. The number of sulfonamides is 1. The lowest BCUT2D eigenvalue weighted by molar-refractivity contribution is -0.385. The molecule has 1 N–H and O–H groups in total. The number of nitro benzene ring substituents is 2. The van der Waals surface area contributed by atoms with Crippen molar-refractivity contribution < 1.29 is 32.9 Å². The van der Waals surface area contributed by atoms with Gasteiger partial charge in [0.15, 0.2) is 0 Å². The molecule has 0 aliphatic heterocycles. The van der Waals surface area contributed by atoms with Gasteiger partial charge in [-0.15, -0.1) is 0 Å². The average Bonchev–Trinajstić information content (AvgIpc) is 2.67. The van der Waals surface area contributed by atoms with Crippen molar-refractivity contribution in [3.05, 3.63) is 62.7 Å². The van der Waals surface area contributed by atoms with Gasteiger partial charge in [-0.05, 0) is 19.1 Å². The van der Waals surface area contributed by atoms with Crippen molar-refractivity contribution in [2.24, 2.45) is 0 Å². The Morgan fingerprint density at radius 3 is 2.21 bits per heavy atom. The Balaban J connectivity index is 2.80. The fraction of sp³-hybridized carbons (Fsp3) is 0.188. The lowest BCUT2D eigenvalue weighted by Gasteiger charge is -2.29. The molecule has 2 rings (SSSR count). The number of carboxylic acid groups (broad SMARTS) is 1. The van der Waals surface area contributed by atoms with Crippen LogP contribution in [0.25, 0.3) is 0 Å². The van der Waals surface area contributed by atoms with Gasteiger partial charge in [-0.2, -0.15) is 0 Å². The molecule has 0 saturated carbocycles. The molecule has 0 bridgehead atoms. The summed E-state index contributed by atoms with van der Waals surface area (Å²) in [7, 11) is -3.51. The monoisotopic (exact) mass is 425 g/mol. The number of aliphatic carboxylic acids is 1. The number of carboxylic acids is 1. The van der Waals surface area contributed by atoms with E-state index in [4.69, 9.17) is 4.74 Å². The maximum Gasteiger partial charge on any atom is 0.327 e. The topological polar surface area (TPSA) is 170 Å². The normalized spacial score (nSPS) is 12.1. The summed E-state index contributed by atoms with van der Waals surface area (Å²) in [5, 5.41) is 31.5. The molecule has 1 atom stereocenters. The standard InChI is InChI=1S/C16H15N3O9S/c1-10(16(20)21)17(14-9-12(19(24)25)6-7-15(14)28-2)29(26,27)13-5-3-4-11(8-13)18(22)23/h3-10H,1-2H3,(H,20,21). The first-order chi connectivity index (χ1) is 13.5. The van der Waals surface area contributed by atoms with Gasteiger partial charge in [0.05, 0.1) is 21.9 Å². The van der Waals surface area contributed by atoms with Gasteiger partial charge in [0.1, 0.15) is 17.5 Å². The molecule has 29 heavy (non-hydrogen) atoms. The van der Waals surface area contributed by atoms with Gasteiger partial charge in [0.25, 0.3) is 21.4 Å². The first-order valence-corrected chi connectivity index (χ1v) is 9.28. The molecule has 0 aliphatic rings. The Hall–Kier alpha value is -3.74. The van der Waals surface area contributed by atoms with Gasteiger partial charge >= 0.3 is 5.97 Å². The van der Waals surface area contributed by atoms with E-state index in [1.807, 2.05) is 0 Å². The fourth-order valence-corrected chi connectivity index (χ4v) is 4.14. The Kier molecular flexibility index (Phi) is 6.02. The number of anilines is 1. The van der Waals surface area contributed by atoms with Crippen molar-refractivity contribution in [1.82, 2.24) is 0 Å². The van der Waals surface area contributed by atoms with Gasteiger partial charge < -0.3 is 9.84 Å². The molecule has 1 unspecified atom stereocenters. The Labute approximate surface area is 164 Å². The second-order valence-corrected chi connectivity index (χ2v) is 7.50. The number of rotatable bonds is 8. The lowest BCUT2D eigenvalue weighted by atomic mass is 10.2. The molecule has 0 aromatic heterocycles. The van der Waals surface area contributed by atoms with Crippen LogP contribution >= 0.6 is 0 Å². The molecular formula is C16H15N3O9S. The zero-order valence-electron chi connectivity index (χ0n) is 15.1. The number of methoxy groups -OCH3 is 1. The summed E-state index contributed by atoms with van der Waals surface area (Å²) in [5.74, 6) is -1.69. The molecule has 0 radical (unpaired) electrons. The van der Waals surface area contributed by atoms with E-state index >= 15 is 0 Å². The first-order valence-electron chi connectivity index (χ1n) is 7.84. The second kappa shape index (κ2) is 8.10. The van der Waals surface area contributed by atoms with Gasteiger partial charge in [-0.3, -0.25) is 20.2 Å². The van der Waals surface area contributed by atoms with Gasteiger partial charge in [-0.25, -0.2) is 17.5 Å². The third-order valence-corrected chi connectivity index (χ3v) is 5.79. The highest BCUT2D eigenvalue weighted by Gasteiger charge is 2.36. The molecule has 0 aliphatic carbocycles. The van der Waals surface area contributed by atoms with E-state index in [2.05, 4.69) is 0 Å². The summed E-state index contributed by atoms with van der Waals surface area (Å²) in [4.78, 5) is 31.6. The van der Waals surface area contributed by atoms with Crippen LogP contribution in [0.1, 0.15) is 6.92 Å². The number of non-ortho nitro benzene ring substituents is 2. The predicted octanol–water partition coefficient (Wildman–Crippen LogP) is 2.18. The van der Waals surface area contributed by atoms with Crippen molar-refractivity contribution in [3.8, 4) is 5.75 Å². The van der Waals surface area contributed by atoms with Crippen LogP contribution in [0, 0.1) is 20.2 Å². The van der Waals surface area contributed by atoms with E-state index in [-0.39, 0.29) is 5.75 Å². The van der Waals surface area contributed by atoms with Crippen molar-refractivity contribution in [1.29, 1.82) is 0 Å². The lowest BCUT2D eigenvalue weighted by Crippen LogP contribution is -2.43. The van der Waals surface area contributed by atoms with Gasteiger partial charge in [0, 0.05) is 24.3 Å². The number of ether oxygens (including phenoxy) is 1. The smallest absolute Gasteiger partial charge is 0.327 e. The van der Waals surface area contributed by atoms with Crippen LogP contribution < -0.4 is 9.04 Å². The van der Waals surface area contributed by atoms with Crippen LogP contribution in [0.3, 0.4) is 0 Å². The van der Waals surface area contributed by atoms with Crippen molar-refractivity contribution in [2.75, 3.05) is 11.4 Å². The molecule has 12 nitrogen and oxygen atoms in total. The van der Waals surface area contributed by atoms with Crippen LogP contribution in [0.2, 0.25) is 0 Å². The van der Waals surface area contributed by atoms with Crippen LogP contribution in [0.5, 0.6) is 5.75 Å². The second-order valence-electron chi connectivity index (χ2n) is 5.68. The third kappa shape index (κ3) is 4.24. The van der Waals surface area contributed by atoms with Gasteiger partial charge in [0.2, 0.25) is 0 Å². The number of hydrogen-bond donors (Lipinski definition) is 1. The number of nitro groups is 2. The number of carbonyl (C=O) groups is 1. The van der Waals surface area contributed by atoms with Crippen LogP contribution in [0.4, 0.5) is 17.1 Å². The first kappa shape index (κ1) is 21.6. The molecule has 13 heteroatoms. The van der Waals surface area contributed by atoms with Crippen LogP contribution in [0.15, 0.2) is 47.4 Å². The zero-order chi connectivity index (χ0) is 21.9. The van der Waals surface area contributed by atoms with E-state index < -0.39 is 53.8 Å². The van der Waals surface area contributed by atoms with Crippen molar-refractivity contribution in [2.45, 2.75) is 17.9 Å². The van der Waals surface area contributed by atoms with Crippen LogP contribution in [-0.2, 0) is 14.8 Å². The zero-order valence-corrected chi connectivity index (χ0v) is 15.9. The van der Waals surface area contributed by atoms with E-state index in [1.54, 1.807) is 0 Å². The summed E-state index contributed by atoms with van der Waals surface area (Å²) >= 11 is 0. The summed E-state index contributed by atoms with van der Waals surface area (Å²) in [6.07, 6.45) is 0. The van der Waals surface area contributed by atoms with Gasteiger partial charge in [-0.1, -0.05) is 6.07 Å². The Morgan fingerprint density at radius 1 is 1.10 bits per heavy atom. The summed E-state index contributed by atoms with van der Waals surface area (Å²) in [6, 6.07) is 5.33. The summed E-state index contributed by atoms with van der Waals surface area (Å²) < 4.78 is 31.9. The maximum atomic E-state index is 13.2. The fourth-order valence-electron chi connectivity index (χ4n) is 2.48. The Morgan fingerprint density at radius 2 is 1.69 bits per heavy atom. The minimum atomic E-state index is -4.68. The minimum absolute atomic E-state index is 0.141. The number of benzene rings is 2. The quantitative estimate of drug-likeness (QED) is 0.491. The van der Waals surface area contributed by atoms with E-state index in [0.29, 0.717) is 4.31 Å². The molecule has 2 aromatic carbocycles. The highest BCUT2D eigenvalue weighted by Crippen LogP contribution is 2.37. The minimum Gasteiger partial charge on any atom is -0.495 e. The van der Waals surface area contributed by atoms with E-state index in [0.717, 1.165) is 49.4 Å². The largest absolute Gasteiger partial charge is 0.495 e. The molecule has 0 spiro atoms. The van der Waals surface area contributed by atoms with E-state index in [9.17, 15) is 38.5 Å². The van der Waals surface area contributed by atoms with Crippen molar-refractivity contribution in [3.63, 3.8) is 0 Å². The number of hydrogen-bond acceptors (Lipinski definition) is 8. The molecular weight excluding hydrogens is 410 g/mol. The highest BCUT2D eigenvalue weighted by atomic mass is 32.2. The van der Waals surface area contributed by atoms with Crippen molar-refractivity contribution >= 4 is 33.1 Å². The highest BCUT2D eigenvalue weighted by molar-refractivity contribution is 7.93. The average molecular weight is 425 g/mol. The summed E-state index contributed by atoms with van der Waals surface area (Å²) in [6.45, 7) is 1.05. The van der Waals surface area contributed by atoms with E-state index in [1.165, 1.54) is 7.11 Å². The maximum absolute atomic E-state index is 13.2. The molecule has 2 aromatic rings. The predicted molar refractivity (Wildman–Crippen MR) is 99.5 cm³/mol. The van der Waals surface area contributed by atoms with Crippen LogP contribution in [-0.4, -0.2) is 42.5 Å². The number of nitrogens with zero attached hydrogens (tertiary/aromatic N) is 3. The molecule has 154 valence electrons.